The van der Waals surface area contributed by atoms with E-state index in [0.717, 1.165) is 25.7 Å². The minimum atomic E-state index is -0.109. The van der Waals surface area contributed by atoms with Crippen molar-refractivity contribution in [2.24, 2.45) is 48.6 Å². The van der Waals surface area contributed by atoms with E-state index in [9.17, 15) is 0 Å². The number of para-hydroxylation sites is 2. The van der Waals surface area contributed by atoms with Gasteiger partial charge in [0.15, 0.2) is 5.96 Å². The van der Waals surface area contributed by atoms with Gasteiger partial charge >= 0.3 is 0 Å². The highest BCUT2D eigenvalue weighted by Gasteiger charge is 2.19. The van der Waals surface area contributed by atoms with Gasteiger partial charge in [0.05, 0.1) is 21.4 Å². The molecule has 0 radical (unpaired) electrons. The topological polar surface area (TPSA) is 183 Å². The van der Waals surface area contributed by atoms with E-state index in [0.29, 0.717) is 34.5 Å². The van der Waals surface area contributed by atoms with Gasteiger partial charge in [-0.15, -0.1) is 24.8 Å². The smallest absolute Gasteiger partial charge is 0.218 e. The second-order valence-electron chi connectivity index (χ2n) is 7.14. The van der Waals surface area contributed by atoms with Gasteiger partial charge in [0.1, 0.15) is 0 Å². The summed E-state index contributed by atoms with van der Waals surface area (Å²) >= 11 is 12.8. The number of hydrogen-bond donors (Lipinski definition) is 5. The van der Waals surface area contributed by atoms with E-state index in [2.05, 4.69) is 20.0 Å². The van der Waals surface area contributed by atoms with Crippen LogP contribution in [0, 0.1) is 0 Å². The molecule has 0 atom stereocenters. The molecule has 10 N–H and O–H groups in total. The number of halogens is 4. The summed E-state index contributed by atoms with van der Waals surface area (Å²) in [5.41, 5.74) is 29.6. The van der Waals surface area contributed by atoms with Gasteiger partial charge in [0.25, 0.3) is 0 Å². The summed E-state index contributed by atoms with van der Waals surface area (Å²) in [6.45, 7) is 1.06. The molecule has 2 aromatic carbocycles. The Balaban J connectivity index is 0.00000612. The number of rotatable bonds is 9. The molecule has 0 aliphatic carbocycles. The van der Waals surface area contributed by atoms with Crippen LogP contribution in [0.1, 0.15) is 25.7 Å². The lowest BCUT2D eigenvalue weighted by atomic mass is 10.2. The monoisotopic (exact) mass is 576 g/mol. The summed E-state index contributed by atoms with van der Waals surface area (Å²) in [4.78, 5) is 17.9. The molecule has 0 saturated heterocycles. The molecule has 0 saturated carbocycles. The van der Waals surface area contributed by atoms with Gasteiger partial charge < -0.3 is 28.7 Å². The number of benzene rings is 2. The van der Waals surface area contributed by atoms with Crippen LogP contribution in [0.3, 0.4) is 0 Å². The maximum absolute atomic E-state index is 6.41. The normalized spacial score (nSPS) is 11.8. The number of guanidine groups is 4. The largest absolute Gasteiger partial charge is 0.370 e. The Morgan fingerprint density at radius 1 is 0.639 bits per heavy atom. The van der Waals surface area contributed by atoms with Gasteiger partial charge in [-0.05, 0) is 37.1 Å². The van der Waals surface area contributed by atoms with Crippen LogP contribution in [0.4, 0.5) is 11.4 Å². The Labute approximate surface area is 233 Å². The quantitative estimate of drug-likeness (QED) is 0.172. The van der Waals surface area contributed by atoms with Crippen molar-refractivity contribution in [3.8, 4) is 0 Å². The molecule has 0 unspecified atom stereocenters. The highest BCUT2D eigenvalue weighted by Crippen LogP contribution is 2.35. The summed E-state index contributed by atoms with van der Waals surface area (Å²) in [7, 11) is 0. The van der Waals surface area contributed by atoms with Gasteiger partial charge in [-0.25, -0.2) is 0 Å². The van der Waals surface area contributed by atoms with Gasteiger partial charge in [0, 0.05) is 13.1 Å². The first-order chi connectivity index (χ1) is 16.3. The summed E-state index contributed by atoms with van der Waals surface area (Å²) in [5.74, 6) is 0.132. The summed E-state index contributed by atoms with van der Waals surface area (Å²) < 4.78 is 0. The minimum absolute atomic E-state index is 0. The third-order valence-electron chi connectivity index (χ3n) is 4.50. The second-order valence-corrected chi connectivity index (χ2v) is 7.95. The fraction of sp³-hybridized carbons (Fsp3) is 0.273. The van der Waals surface area contributed by atoms with E-state index >= 15 is 0 Å². The van der Waals surface area contributed by atoms with Crippen LogP contribution in [0.5, 0.6) is 0 Å². The lowest BCUT2D eigenvalue weighted by Gasteiger charge is -2.25. The highest BCUT2D eigenvalue weighted by molar-refractivity contribution is 6.36. The van der Waals surface area contributed by atoms with Crippen LogP contribution in [0.15, 0.2) is 68.5 Å². The predicted octanol–water partition coefficient (Wildman–Crippen LogP) is 3.75. The molecule has 198 valence electrons. The molecule has 36 heavy (non-hydrogen) atoms. The molecular formula is C22H32Cl4N10. The predicted molar refractivity (Wildman–Crippen MR) is 158 cm³/mol. The lowest BCUT2D eigenvalue weighted by molar-refractivity contribution is 0.653. The van der Waals surface area contributed by atoms with Gasteiger partial charge in [0.2, 0.25) is 17.9 Å². The molecule has 0 amide bonds. The van der Waals surface area contributed by atoms with E-state index < -0.39 is 0 Å². The van der Waals surface area contributed by atoms with Gasteiger partial charge in [-0.3, -0.25) is 14.9 Å². The summed E-state index contributed by atoms with van der Waals surface area (Å²) in [6.07, 6.45) is 3.59. The molecule has 0 fully saturated rings. The number of unbranched alkanes of at least 4 members (excludes halogenated alkanes) is 3. The van der Waals surface area contributed by atoms with E-state index in [4.69, 9.17) is 51.9 Å². The standard InChI is InChI=1S/C22H30Cl2N10.2ClH/c23-15-9-3-5-11-17(15)34(18-12-6-4-10-16(18)24)22(29)33-21(28)31-14-8-2-1-7-13-30-20(27)32-19(25)26;;/h3-6,9-12H,1-2,7-8,13-14H2,(H4,28,29,31,33)(H6,25,26,27,30,32);2*1H. The molecule has 0 bridgehead atoms. The Hall–Kier alpha value is -2.92. The number of nitrogens with zero attached hydrogens (tertiary/aromatic N) is 5. The lowest BCUT2D eigenvalue weighted by Crippen LogP contribution is -2.35. The Morgan fingerprint density at radius 2 is 1.06 bits per heavy atom. The van der Waals surface area contributed by atoms with Crippen LogP contribution >= 0.6 is 48.0 Å². The molecule has 10 nitrogen and oxygen atoms in total. The van der Waals surface area contributed by atoms with E-state index in [1.807, 2.05) is 36.4 Å². The van der Waals surface area contributed by atoms with Crippen molar-refractivity contribution in [1.82, 2.24) is 0 Å². The fourth-order valence-electron chi connectivity index (χ4n) is 2.98. The molecule has 2 rings (SSSR count). The van der Waals surface area contributed by atoms with Gasteiger partial charge in [-0.2, -0.15) is 9.98 Å². The average molecular weight is 578 g/mol. The van der Waals surface area contributed by atoms with Crippen LogP contribution in [0.25, 0.3) is 0 Å². The molecule has 0 aliphatic rings. The molecule has 14 heteroatoms. The number of hydrogen-bond acceptors (Lipinski definition) is 2. The number of aliphatic imine (C=N–C) groups is 4. The first kappa shape index (κ1) is 33.1. The van der Waals surface area contributed by atoms with Crippen LogP contribution in [-0.2, 0) is 0 Å². The molecule has 0 heterocycles. The highest BCUT2D eigenvalue weighted by atomic mass is 35.5. The third kappa shape index (κ3) is 11.2. The SMILES string of the molecule is Cl.Cl.NC(N)=NC(N)=NCCCCCCN=C(N)/N=C(\N)N(c1ccccc1Cl)c1ccccc1Cl. The van der Waals surface area contributed by atoms with Crippen molar-refractivity contribution < 1.29 is 0 Å². The van der Waals surface area contributed by atoms with E-state index in [1.54, 1.807) is 17.0 Å². The maximum Gasteiger partial charge on any atom is 0.218 e. The van der Waals surface area contributed by atoms with Crippen molar-refractivity contribution in [2.45, 2.75) is 25.7 Å². The molecule has 0 spiro atoms. The fourth-order valence-corrected chi connectivity index (χ4v) is 3.42. The van der Waals surface area contributed by atoms with Crippen LogP contribution < -0.4 is 33.6 Å². The molecular weight excluding hydrogens is 546 g/mol. The summed E-state index contributed by atoms with van der Waals surface area (Å²) in [5, 5.41) is 0.973. The number of nitrogens with two attached hydrogens (primary N) is 5. The zero-order chi connectivity index (χ0) is 24.9. The van der Waals surface area contributed by atoms with Crippen molar-refractivity contribution in [2.75, 3.05) is 18.0 Å². The Morgan fingerprint density at radius 3 is 1.47 bits per heavy atom. The molecule has 2 aromatic rings. The Bertz CT molecular complexity index is 1020. The van der Waals surface area contributed by atoms with E-state index in [1.165, 1.54) is 0 Å². The van der Waals surface area contributed by atoms with Crippen LogP contribution in [0.2, 0.25) is 10.0 Å². The van der Waals surface area contributed by atoms with Gasteiger partial charge in [-0.1, -0.05) is 60.3 Å². The Kier molecular flexibility index (Phi) is 16.1. The first-order valence-electron chi connectivity index (χ1n) is 10.6. The number of anilines is 2. The van der Waals surface area contributed by atoms with Crippen molar-refractivity contribution in [1.29, 1.82) is 0 Å². The minimum Gasteiger partial charge on any atom is -0.370 e. The van der Waals surface area contributed by atoms with Crippen LogP contribution in [-0.4, -0.2) is 36.9 Å². The molecule has 0 aromatic heterocycles. The van der Waals surface area contributed by atoms with E-state index in [-0.39, 0.29) is 48.7 Å². The zero-order valence-electron chi connectivity index (χ0n) is 19.6. The van der Waals surface area contributed by atoms with Crippen molar-refractivity contribution >= 4 is 83.2 Å². The summed E-state index contributed by atoms with van der Waals surface area (Å²) in [6, 6.07) is 14.5. The molecule has 0 aliphatic heterocycles. The average Bonchev–Trinajstić information content (AvgIpc) is 2.77. The second kappa shape index (κ2) is 17.5. The zero-order valence-corrected chi connectivity index (χ0v) is 22.7. The first-order valence-corrected chi connectivity index (χ1v) is 11.4. The maximum atomic E-state index is 6.41. The van der Waals surface area contributed by atoms with Crippen molar-refractivity contribution in [3.05, 3.63) is 58.6 Å². The third-order valence-corrected chi connectivity index (χ3v) is 5.14. The van der Waals surface area contributed by atoms with Crippen molar-refractivity contribution in [3.63, 3.8) is 0 Å².